The Morgan fingerprint density at radius 2 is 1.79 bits per heavy atom. The monoisotopic (exact) mass is 275 g/mol. The smallest absolute Gasteiger partial charge is 0.406 e. The van der Waals surface area contributed by atoms with Crippen LogP contribution in [0.4, 0.5) is 13.2 Å². The molecule has 1 aromatic carbocycles. The number of hydroxylamine groups is 2. The maximum atomic E-state index is 12.4. The Morgan fingerprint density at radius 1 is 1.11 bits per heavy atom. The summed E-state index contributed by atoms with van der Waals surface area (Å²) >= 11 is 0. The van der Waals surface area contributed by atoms with E-state index in [0.717, 1.165) is 25.0 Å². The molecule has 3 nitrogen and oxygen atoms in total. The fraction of sp³-hybridized carbons (Fsp3) is 0.538. The molecule has 1 aliphatic rings. The predicted octanol–water partition coefficient (Wildman–Crippen LogP) is 2.85. The Balaban J connectivity index is 1.96. The number of hydrogen-bond acceptors (Lipinski definition) is 3. The number of aliphatic hydroxyl groups is 1. The zero-order chi connectivity index (χ0) is 13.9. The van der Waals surface area contributed by atoms with E-state index in [1.165, 1.54) is 12.1 Å². The van der Waals surface area contributed by atoms with E-state index in [1.807, 2.05) is 0 Å². The molecule has 106 valence electrons. The normalized spacial score (nSPS) is 22.0. The summed E-state index contributed by atoms with van der Waals surface area (Å²) in [6, 6.07) is 4.62. The van der Waals surface area contributed by atoms with Gasteiger partial charge in [0.05, 0.1) is 11.7 Å². The second-order valence-electron chi connectivity index (χ2n) is 4.63. The minimum absolute atomic E-state index is 0.318. The highest BCUT2D eigenvalue weighted by Gasteiger charge is 2.30. The van der Waals surface area contributed by atoms with Crippen LogP contribution in [0.1, 0.15) is 24.8 Å². The van der Waals surface area contributed by atoms with Gasteiger partial charge in [0.15, 0.2) is 0 Å². The topological polar surface area (TPSA) is 32.7 Å². The van der Waals surface area contributed by atoms with Crippen LogP contribution < -0.4 is 4.84 Å². The summed E-state index contributed by atoms with van der Waals surface area (Å²) in [6.45, 7) is 1.24. The van der Waals surface area contributed by atoms with E-state index in [2.05, 4.69) is 0 Å². The quantitative estimate of drug-likeness (QED) is 0.901. The number of halogens is 3. The van der Waals surface area contributed by atoms with Crippen molar-refractivity contribution in [3.05, 3.63) is 29.8 Å². The predicted molar refractivity (Wildman–Crippen MR) is 63.5 cm³/mol. The fourth-order valence-electron chi connectivity index (χ4n) is 2.00. The van der Waals surface area contributed by atoms with Crippen molar-refractivity contribution in [2.45, 2.75) is 31.5 Å². The van der Waals surface area contributed by atoms with E-state index < -0.39 is 11.7 Å². The first-order valence-corrected chi connectivity index (χ1v) is 6.23. The molecule has 0 radical (unpaired) electrons. The van der Waals surface area contributed by atoms with Crippen molar-refractivity contribution in [2.75, 3.05) is 13.1 Å². The molecule has 1 atom stereocenters. The average molecular weight is 275 g/mol. The average Bonchev–Trinajstić information content (AvgIpc) is 2.54. The second-order valence-corrected chi connectivity index (χ2v) is 4.63. The molecular formula is C13H16F3NO2. The van der Waals surface area contributed by atoms with Gasteiger partial charge in [-0.3, -0.25) is 0 Å². The van der Waals surface area contributed by atoms with Crippen LogP contribution in [0.3, 0.4) is 0 Å². The summed E-state index contributed by atoms with van der Waals surface area (Å²) in [6.07, 6.45) is -2.50. The van der Waals surface area contributed by atoms with Gasteiger partial charge in [0.25, 0.3) is 0 Å². The molecule has 1 heterocycles. The lowest BCUT2D eigenvalue weighted by atomic mass is 10.2. The summed E-state index contributed by atoms with van der Waals surface area (Å²) in [5, 5.41) is 11.2. The van der Waals surface area contributed by atoms with Crippen LogP contribution in [-0.2, 0) is 6.18 Å². The highest BCUT2D eigenvalue weighted by atomic mass is 19.4. The van der Waals surface area contributed by atoms with Gasteiger partial charge in [0, 0.05) is 13.1 Å². The number of benzene rings is 1. The van der Waals surface area contributed by atoms with Crippen LogP contribution >= 0.6 is 0 Å². The molecule has 0 aromatic heterocycles. The molecule has 0 saturated carbocycles. The van der Waals surface area contributed by atoms with Gasteiger partial charge in [-0.25, -0.2) is 0 Å². The third-order valence-electron chi connectivity index (χ3n) is 3.07. The van der Waals surface area contributed by atoms with Crippen LogP contribution in [0.2, 0.25) is 0 Å². The summed E-state index contributed by atoms with van der Waals surface area (Å²) < 4.78 is 37.2. The van der Waals surface area contributed by atoms with Crippen molar-refractivity contribution in [1.82, 2.24) is 5.06 Å². The molecule has 1 unspecified atom stereocenters. The van der Waals surface area contributed by atoms with Gasteiger partial charge >= 0.3 is 6.18 Å². The van der Waals surface area contributed by atoms with Crippen molar-refractivity contribution in [3.63, 3.8) is 0 Å². The van der Waals surface area contributed by atoms with Crippen molar-refractivity contribution in [2.24, 2.45) is 0 Å². The molecule has 0 spiro atoms. The number of nitrogens with zero attached hydrogens (tertiary/aromatic N) is 1. The zero-order valence-corrected chi connectivity index (χ0v) is 10.4. The Hall–Kier alpha value is -1.27. The summed E-state index contributed by atoms with van der Waals surface area (Å²) in [7, 11) is 0. The number of rotatable bonds is 2. The molecule has 6 heteroatoms. The van der Waals surface area contributed by atoms with Gasteiger partial charge in [0.2, 0.25) is 0 Å². The molecule has 0 aliphatic carbocycles. The van der Waals surface area contributed by atoms with Gasteiger partial charge in [-0.2, -0.15) is 13.2 Å². The summed E-state index contributed by atoms with van der Waals surface area (Å²) in [5.74, 6) is 0.379. The van der Waals surface area contributed by atoms with Crippen LogP contribution in [0.25, 0.3) is 0 Å². The van der Waals surface area contributed by atoms with Gasteiger partial charge in [-0.05, 0) is 43.5 Å². The van der Waals surface area contributed by atoms with E-state index in [1.54, 1.807) is 5.06 Å². The molecule has 1 aliphatic heterocycles. The van der Waals surface area contributed by atoms with Gasteiger partial charge in [-0.15, -0.1) is 5.06 Å². The molecule has 19 heavy (non-hydrogen) atoms. The van der Waals surface area contributed by atoms with Gasteiger partial charge in [0.1, 0.15) is 5.75 Å². The molecule has 0 amide bonds. The Morgan fingerprint density at radius 3 is 2.42 bits per heavy atom. The fourth-order valence-corrected chi connectivity index (χ4v) is 2.00. The van der Waals surface area contributed by atoms with Crippen molar-refractivity contribution in [3.8, 4) is 5.75 Å². The minimum Gasteiger partial charge on any atom is -0.406 e. The summed E-state index contributed by atoms with van der Waals surface area (Å²) in [4.78, 5) is 5.51. The van der Waals surface area contributed by atoms with E-state index in [9.17, 15) is 18.3 Å². The third kappa shape index (κ3) is 4.11. The number of aliphatic hydroxyl groups excluding tert-OH is 1. The third-order valence-corrected chi connectivity index (χ3v) is 3.07. The van der Waals surface area contributed by atoms with Crippen molar-refractivity contribution < 1.29 is 23.1 Å². The molecule has 1 fully saturated rings. The SMILES string of the molecule is OC1CCCN(Oc2ccc(C(F)(F)F)cc2)CC1. The molecular weight excluding hydrogens is 259 g/mol. The lowest BCUT2D eigenvalue weighted by molar-refractivity contribution is -0.137. The molecule has 2 rings (SSSR count). The number of alkyl halides is 3. The van der Waals surface area contributed by atoms with E-state index >= 15 is 0 Å². The molecule has 1 aromatic rings. The Kier molecular flexibility index (Phi) is 4.31. The maximum Gasteiger partial charge on any atom is 0.416 e. The lowest BCUT2D eigenvalue weighted by Crippen LogP contribution is -2.28. The zero-order valence-electron chi connectivity index (χ0n) is 10.4. The Bertz CT molecular complexity index is 405. The Labute approximate surface area is 109 Å². The highest BCUT2D eigenvalue weighted by molar-refractivity contribution is 5.28. The van der Waals surface area contributed by atoms with Crippen molar-refractivity contribution >= 4 is 0 Å². The first-order valence-electron chi connectivity index (χ1n) is 6.23. The van der Waals surface area contributed by atoms with Gasteiger partial charge in [-0.1, -0.05) is 0 Å². The summed E-state index contributed by atoms with van der Waals surface area (Å²) in [5.41, 5.74) is -0.689. The van der Waals surface area contributed by atoms with Crippen LogP contribution in [0, 0.1) is 0 Å². The first-order chi connectivity index (χ1) is 8.95. The largest absolute Gasteiger partial charge is 0.416 e. The number of hydrogen-bond donors (Lipinski definition) is 1. The molecule has 1 saturated heterocycles. The van der Waals surface area contributed by atoms with E-state index in [4.69, 9.17) is 4.84 Å². The van der Waals surface area contributed by atoms with Crippen LogP contribution in [0.5, 0.6) is 5.75 Å². The maximum absolute atomic E-state index is 12.4. The molecule has 1 N–H and O–H groups in total. The van der Waals surface area contributed by atoms with Gasteiger partial charge < -0.3 is 9.94 Å². The first kappa shape index (κ1) is 14.1. The molecule has 0 bridgehead atoms. The van der Waals surface area contributed by atoms with Crippen molar-refractivity contribution in [1.29, 1.82) is 0 Å². The van der Waals surface area contributed by atoms with E-state index in [-0.39, 0.29) is 6.10 Å². The second kappa shape index (κ2) is 5.79. The van der Waals surface area contributed by atoms with E-state index in [0.29, 0.717) is 25.3 Å². The van der Waals surface area contributed by atoms with Crippen LogP contribution in [-0.4, -0.2) is 29.4 Å². The highest BCUT2D eigenvalue weighted by Crippen LogP contribution is 2.30. The standard InChI is InChI=1S/C13H16F3NO2/c14-13(15,16)10-3-5-12(6-4-10)19-17-8-1-2-11(18)7-9-17/h3-6,11,18H,1-2,7-9H2. The van der Waals surface area contributed by atoms with Crippen LogP contribution in [0.15, 0.2) is 24.3 Å². The lowest BCUT2D eigenvalue weighted by Gasteiger charge is -2.20. The minimum atomic E-state index is -4.33.